The zero-order chi connectivity index (χ0) is 41.7. The monoisotopic (exact) mass is 792 g/mol. The summed E-state index contributed by atoms with van der Waals surface area (Å²) >= 11 is 0. The van der Waals surface area contributed by atoms with Crippen molar-refractivity contribution in [3.05, 3.63) is 231 Å². The average molecular weight is 793 g/mol. The first-order valence-corrected chi connectivity index (χ1v) is 18.1. The third kappa shape index (κ3) is 6.41. The van der Waals surface area contributed by atoms with Crippen LogP contribution in [0.15, 0.2) is 188 Å². The maximum absolute atomic E-state index is 12.9. The smallest absolute Gasteiger partial charge is 0.258 e. The highest BCUT2D eigenvalue weighted by atomic mass is 16.6. The van der Waals surface area contributed by atoms with E-state index in [2.05, 4.69) is 0 Å². The molecule has 0 aliphatic carbocycles. The maximum atomic E-state index is 12.9. The maximum Gasteiger partial charge on any atom is 0.277 e. The van der Waals surface area contributed by atoms with Crippen LogP contribution < -0.4 is 0 Å². The van der Waals surface area contributed by atoms with Gasteiger partial charge >= 0.3 is 0 Å². The molecule has 288 valence electrons. The van der Waals surface area contributed by atoms with Gasteiger partial charge in [0.15, 0.2) is 0 Å². The van der Waals surface area contributed by atoms with Gasteiger partial charge in [0.05, 0.1) is 87.6 Å². The first-order chi connectivity index (χ1) is 29.0. The summed E-state index contributed by atoms with van der Waals surface area (Å²) in [5.41, 5.74) is 1.10. The molecule has 0 N–H and O–H groups in total. The van der Waals surface area contributed by atoms with Crippen molar-refractivity contribution in [3.63, 3.8) is 0 Å². The Morgan fingerprint density at radius 1 is 0.383 bits per heavy atom. The van der Waals surface area contributed by atoms with E-state index in [0.29, 0.717) is 22.8 Å². The van der Waals surface area contributed by atoms with Crippen LogP contribution in [-0.2, 0) is 0 Å². The predicted octanol–water partition coefficient (Wildman–Crippen LogP) is 9.32. The van der Waals surface area contributed by atoms with Crippen LogP contribution >= 0.6 is 0 Å². The summed E-state index contributed by atoms with van der Waals surface area (Å²) in [4.78, 5) is 68.3. The van der Waals surface area contributed by atoms with Gasteiger partial charge in [-0.25, -0.2) is 20.0 Å². The first kappa shape index (κ1) is 36.7. The van der Waals surface area contributed by atoms with Crippen molar-refractivity contribution in [2.45, 2.75) is 0 Å². The number of fused-ring (bicyclic) bond motifs is 4. The number of nitro groups is 4. The molecule has 8 bridgehead atoms. The highest BCUT2D eigenvalue weighted by molar-refractivity contribution is 6.51. The van der Waals surface area contributed by atoms with Crippen LogP contribution in [0.1, 0.15) is 22.3 Å². The molecule has 0 unspecified atom stereocenters. The molecule has 5 aliphatic rings. The molecule has 9 rings (SSSR count). The Labute approximate surface area is 338 Å². The summed E-state index contributed by atoms with van der Waals surface area (Å²) in [6.07, 6.45) is 13.5. The van der Waals surface area contributed by atoms with Crippen LogP contribution in [0.5, 0.6) is 0 Å². The second kappa shape index (κ2) is 14.5. The number of rotatable bonds is 8. The topological polar surface area (TPSA) is 222 Å². The molecule has 0 atom stereocenters. The van der Waals surface area contributed by atoms with Crippen LogP contribution in [-0.4, -0.2) is 42.5 Å². The third-order valence-electron chi connectivity index (χ3n) is 9.98. The van der Waals surface area contributed by atoms with Gasteiger partial charge in [-0.2, -0.15) is 0 Å². The quantitative estimate of drug-likeness (QED) is 0.123. The van der Waals surface area contributed by atoms with E-state index in [4.69, 9.17) is 20.0 Å². The molecular weight excluding hydrogens is 769 g/mol. The van der Waals surface area contributed by atoms with E-state index in [1.807, 2.05) is 0 Å². The Hall–Kier alpha value is -8.92. The minimum Gasteiger partial charge on any atom is -0.258 e. The lowest BCUT2D eigenvalue weighted by Crippen LogP contribution is -2.10. The molecule has 16 nitrogen and oxygen atoms in total. The molecular formula is C44H24N8O8. The van der Waals surface area contributed by atoms with E-state index in [9.17, 15) is 40.5 Å². The fourth-order valence-electron chi connectivity index (χ4n) is 7.52. The van der Waals surface area contributed by atoms with Crippen molar-refractivity contribution in [2.75, 3.05) is 0 Å². The van der Waals surface area contributed by atoms with Gasteiger partial charge in [-0.3, -0.25) is 40.5 Å². The van der Waals surface area contributed by atoms with Gasteiger partial charge < -0.3 is 0 Å². The number of nitrogens with zero attached hydrogens (tertiary/aromatic N) is 8. The van der Waals surface area contributed by atoms with E-state index in [1.54, 1.807) is 72.9 Å². The zero-order valence-electron chi connectivity index (χ0n) is 30.7. The highest BCUT2D eigenvalue weighted by Crippen LogP contribution is 2.50. The first-order valence-electron chi connectivity index (χ1n) is 18.1. The summed E-state index contributed by atoms with van der Waals surface area (Å²) in [6.45, 7) is 0. The SMILES string of the molecule is O=[N+]([O-])c1ccccc1C1=CC2=CC3=NC(=CC4=NC(=CC5=NC(=C(c6ccccc6[N+](=O)[O-])C1=N2)C(c1ccccc1[N+](=O)[O-])=C5c1ccccc1[N+](=O)[O-])C=C4)C=C3. The van der Waals surface area contributed by atoms with E-state index < -0.39 is 31.1 Å². The van der Waals surface area contributed by atoms with Crippen molar-refractivity contribution in [2.24, 2.45) is 20.0 Å². The van der Waals surface area contributed by atoms with Crippen molar-refractivity contribution in [1.82, 2.24) is 0 Å². The number of allylic oxidation sites excluding steroid dienone is 12. The number of aliphatic imine (C=N–C) groups is 4. The summed E-state index contributed by atoms with van der Waals surface area (Å²) < 4.78 is 0. The molecule has 4 aromatic rings. The fraction of sp³-hybridized carbons (Fsp3) is 0. The van der Waals surface area contributed by atoms with Gasteiger partial charge in [-0.05, 0) is 72.9 Å². The van der Waals surface area contributed by atoms with Gasteiger partial charge in [0.1, 0.15) is 0 Å². The number of para-hydroxylation sites is 4. The van der Waals surface area contributed by atoms with E-state index in [1.165, 1.54) is 72.8 Å². The van der Waals surface area contributed by atoms with E-state index >= 15 is 0 Å². The Kier molecular flexibility index (Phi) is 8.90. The number of nitro benzene ring substituents is 4. The summed E-state index contributed by atoms with van der Waals surface area (Å²) in [7, 11) is 0. The van der Waals surface area contributed by atoms with Gasteiger partial charge in [0, 0.05) is 46.6 Å². The molecule has 0 amide bonds. The molecule has 0 saturated carbocycles. The van der Waals surface area contributed by atoms with Crippen LogP contribution in [0, 0.1) is 40.5 Å². The minimum atomic E-state index is -0.604. The molecule has 0 fully saturated rings. The third-order valence-corrected chi connectivity index (χ3v) is 9.98. The molecule has 4 aromatic carbocycles. The summed E-state index contributed by atoms with van der Waals surface area (Å²) in [5.74, 6) is 0. The van der Waals surface area contributed by atoms with E-state index in [0.717, 1.165) is 0 Å². The van der Waals surface area contributed by atoms with Crippen molar-refractivity contribution in [3.8, 4) is 0 Å². The zero-order valence-corrected chi connectivity index (χ0v) is 30.7. The standard InChI is InChI=1S/C44H24N8O8/c53-49(54)36-13-5-1-9-30(36)34-23-29-22-27-18-17-25(45-27)21-26-19-20-28(46-26)24-35-40(31-10-2-6-14-37(31)50(55)56)41(32-11-3-7-15-38(32)51(57)58)44(48-35)42(43(34)47-29)33-12-4-8-16-39(33)52(59)60/h1-24H. The van der Waals surface area contributed by atoms with Gasteiger partial charge in [0.2, 0.25) is 0 Å². The Morgan fingerprint density at radius 3 is 1.32 bits per heavy atom. The fourth-order valence-corrected chi connectivity index (χ4v) is 7.52. The van der Waals surface area contributed by atoms with E-state index in [-0.39, 0.29) is 78.7 Å². The Balaban J connectivity index is 1.52. The van der Waals surface area contributed by atoms with Gasteiger partial charge in [-0.15, -0.1) is 0 Å². The molecule has 0 spiro atoms. The largest absolute Gasteiger partial charge is 0.277 e. The number of hydrogen-bond donors (Lipinski definition) is 0. The van der Waals surface area contributed by atoms with Gasteiger partial charge in [-0.1, -0.05) is 48.5 Å². The Morgan fingerprint density at radius 2 is 0.800 bits per heavy atom. The van der Waals surface area contributed by atoms with Crippen molar-refractivity contribution in [1.29, 1.82) is 0 Å². The summed E-state index contributed by atoms with van der Waals surface area (Å²) in [6, 6.07) is 23.3. The lowest BCUT2D eigenvalue weighted by atomic mass is 9.84. The lowest BCUT2D eigenvalue weighted by molar-refractivity contribution is -0.385. The highest BCUT2D eigenvalue weighted by Gasteiger charge is 2.39. The second-order valence-corrected chi connectivity index (χ2v) is 13.5. The predicted molar refractivity (Wildman–Crippen MR) is 226 cm³/mol. The molecule has 0 saturated heterocycles. The molecule has 0 aromatic heterocycles. The molecule has 5 aliphatic heterocycles. The van der Waals surface area contributed by atoms with Crippen LogP contribution in [0.25, 0.3) is 22.3 Å². The second-order valence-electron chi connectivity index (χ2n) is 13.5. The number of hydrogen-bond acceptors (Lipinski definition) is 12. The molecule has 5 heterocycles. The van der Waals surface area contributed by atoms with Crippen LogP contribution in [0.2, 0.25) is 0 Å². The van der Waals surface area contributed by atoms with Crippen LogP contribution in [0.4, 0.5) is 22.7 Å². The minimum absolute atomic E-state index is 0.00186. The van der Waals surface area contributed by atoms with Crippen molar-refractivity contribution < 1.29 is 19.7 Å². The molecule has 60 heavy (non-hydrogen) atoms. The van der Waals surface area contributed by atoms with Crippen LogP contribution in [0.3, 0.4) is 0 Å². The number of benzene rings is 4. The van der Waals surface area contributed by atoms with Gasteiger partial charge in [0.25, 0.3) is 22.7 Å². The Bertz CT molecular complexity index is 3100. The normalized spacial score (nSPS) is 16.4. The average Bonchev–Trinajstić information content (AvgIpc) is 4.05. The lowest BCUT2D eigenvalue weighted by Gasteiger charge is -2.17. The molecule has 0 radical (unpaired) electrons. The summed E-state index contributed by atoms with van der Waals surface area (Å²) in [5, 5.41) is 51.1. The van der Waals surface area contributed by atoms with Crippen molar-refractivity contribution >= 4 is 67.9 Å². The molecule has 16 heteroatoms.